The first kappa shape index (κ1) is 16.2. The second kappa shape index (κ2) is 6.30. The fourth-order valence-corrected chi connectivity index (χ4v) is 5.11. The van der Waals surface area contributed by atoms with Gasteiger partial charge >= 0.3 is 0 Å². The van der Waals surface area contributed by atoms with Crippen LogP contribution in [-0.2, 0) is 9.84 Å². The summed E-state index contributed by atoms with van der Waals surface area (Å²) in [6.07, 6.45) is 3.44. The molecule has 4 heteroatoms. The quantitative estimate of drug-likeness (QED) is 0.800. The van der Waals surface area contributed by atoms with E-state index >= 15 is 0 Å². The number of hydrogen-bond donors (Lipinski definition) is 0. The van der Waals surface area contributed by atoms with Gasteiger partial charge < -0.3 is 0 Å². The molecule has 3 nitrogen and oxygen atoms in total. The van der Waals surface area contributed by atoms with Gasteiger partial charge in [-0.3, -0.25) is 4.79 Å². The third-order valence-electron chi connectivity index (χ3n) is 4.41. The van der Waals surface area contributed by atoms with E-state index < -0.39 is 9.84 Å². The summed E-state index contributed by atoms with van der Waals surface area (Å²) in [5.74, 6) is -0.186. The topological polar surface area (TPSA) is 51.2 Å². The molecule has 1 aliphatic carbocycles. The van der Waals surface area contributed by atoms with Gasteiger partial charge in [0.2, 0.25) is 0 Å². The van der Waals surface area contributed by atoms with Crippen molar-refractivity contribution in [2.24, 2.45) is 5.92 Å². The molecule has 1 aromatic carbocycles. The number of aryl methyl sites for hydroxylation is 2. The van der Waals surface area contributed by atoms with Crippen molar-refractivity contribution in [2.75, 3.05) is 5.75 Å². The van der Waals surface area contributed by atoms with E-state index in [1.54, 1.807) is 6.07 Å². The Morgan fingerprint density at radius 2 is 1.95 bits per heavy atom. The molecular formula is C17H24O3S. The van der Waals surface area contributed by atoms with E-state index in [2.05, 4.69) is 6.92 Å². The number of hydrogen-bond acceptors (Lipinski definition) is 3. The first-order valence-electron chi connectivity index (χ1n) is 7.61. The zero-order valence-corrected chi connectivity index (χ0v) is 13.9. The summed E-state index contributed by atoms with van der Waals surface area (Å²) in [6, 6.07) is 5.52. The number of ketones is 1. The van der Waals surface area contributed by atoms with Gasteiger partial charge in [0.1, 0.15) is 5.75 Å². The van der Waals surface area contributed by atoms with Crippen molar-refractivity contribution in [1.29, 1.82) is 0 Å². The number of rotatable bonds is 4. The number of benzene rings is 1. The highest BCUT2D eigenvalue weighted by molar-refractivity contribution is 7.92. The molecule has 0 aromatic heterocycles. The lowest BCUT2D eigenvalue weighted by Crippen LogP contribution is -2.32. The van der Waals surface area contributed by atoms with Crippen molar-refractivity contribution in [3.8, 4) is 0 Å². The van der Waals surface area contributed by atoms with Gasteiger partial charge in [0, 0.05) is 5.56 Å². The van der Waals surface area contributed by atoms with Gasteiger partial charge in [-0.15, -0.1) is 0 Å². The van der Waals surface area contributed by atoms with Crippen LogP contribution in [0, 0.1) is 19.8 Å². The van der Waals surface area contributed by atoms with Gasteiger partial charge in [0.05, 0.1) is 5.25 Å². The molecule has 0 radical (unpaired) electrons. The standard InChI is InChI=1S/C17H24O3S/c1-12-5-4-6-15(10-12)21(19,20)11-17(18)16-8-7-13(2)9-14(16)3/h7-9,12,15H,4-6,10-11H2,1-3H3. The Morgan fingerprint density at radius 3 is 2.57 bits per heavy atom. The lowest BCUT2D eigenvalue weighted by Gasteiger charge is -2.26. The van der Waals surface area contributed by atoms with Crippen LogP contribution in [0.3, 0.4) is 0 Å². The van der Waals surface area contributed by atoms with Crippen LogP contribution in [0.1, 0.15) is 54.1 Å². The van der Waals surface area contributed by atoms with Crippen molar-refractivity contribution in [3.05, 3.63) is 34.9 Å². The smallest absolute Gasteiger partial charge is 0.178 e. The van der Waals surface area contributed by atoms with Crippen LogP contribution in [0.25, 0.3) is 0 Å². The highest BCUT2D eigenvalue weighted by Crippen LogP contribution is 2.29. The normalized spacial score (nSPS) is 23.0. The third kappa shape index (κ3) is 3.94. The SMILES string of the molecule is Cc1ccc(C(=O)CS(=O)(=O)C2CCCC(C)C2)c(C)c1. The molecule has 1 fully saturated rings. The van der Waals surface area contributed by atoms with Crippen molar-refractivity contribution in [3.63, 3.8) is 0 Å². The molecule has 1 saturated carbocycles. The second-order valence-corrected chi connectivity index (χ2v) is 8.72. The molecule has 116 valence electrons. The molecule has 0 aliphatic heterocycles. The summed E-state index contributed by atoms with van der Waals surface area (Å²) in [7, 11) is -3.34. The maximum absolute atomic E-state index is 12.5. The lowest BCUT2D eigenvalue weighted by molar-refractivity contribution is 0.102. The molecular weight excluding hydrogens is 284 g/mol. The molecule has 21 heavy (non-hydrogen) atoms. The zero-order chi connectivity index (χ0) is 15.6. The predicted octanol–water partition coefficient (Wildman–Crippen LogP) is 3.48. The fraction of sp³-hybridized carbons (Fsp3) is 0.588. The van der Waals surface area contributed by atoms with Crippen LogP contribution < -0.4 is 0 Å². The first-order valence-corrected chi connectivity index (χ1v) is 9.33. The van der Waals surface area contributed by atoms with Gasteiger partial charge in [0.25, 0.3) is 0 Å². The van der Waals surface area contributed by atoms with Gasteiger partial charge in [0.15, 0.2) is 15.6 Å². The van der Waals surface area contributed by atoms with Crippen molar-refractivity contribution < 1.29 is 13.2 Å². The summed E-state index contributed by atoms with van der Waals surface area (Å²) in [6.45, 7) is 5.91. The molecule has 2 unspecified atom stereocenters. The molecule has 2 atom stereocenters. The minimum atomic E-state index is -3.34. The summed E-state index contributed by atoms with van der Waals surface area (Å²) < 4.78 is 24.9. The highest BCUT2D eigenvalue weighted by Gasteiger charge is 2.32. The van der Waals surface area contributed by atoms with Gasteiger partial charge in [-0.05, 0) is 38.2 Å². The Kier molecular flexibility index (Phi) is 4.87. The fourth-order valence-electron chi connectivity index (χ4n) is 3.21. The molecule has 2 rings (SSSR count). The van der Waals surface area contributed by atoms with Crippen molar-refractivity contribution in [1.82, 2.24) is 0 Å². The maximum Gasteiger partial charge on any atom is 0.178 e. The Bertz CT molecular complexity index is 631. The van der Waals surface area contributed by atoms with E-state index in [1.165, 1.54) is 0 Å². The number of Topliss-reactive ketones (excluding diaryl/α,β-unsaturated/α-hetero) is 1. The van der Waals surface area contributed by atoms with Gasteiger partial charge in [-0.25, -0.2) is 8.42 Å². The molecule has 0 N–H and O–H groups in total. The van der Waals surface area contributed by atoms with Crippen molar-refractivity contribution >= 4 is 15.6 Å². The summed E-state index contributed by atoms with van der Waals surface area (Å²) in [5.41, 5.74) is 2.47. The lowest BCUT2D eigenvalue weighted by atomic mass is 9.91. The van der Waals surface area contributed by atoms with Crippen LogP contribution in [-0.4, -0.2) is 25.2 Å². The van der Waals surface area contributed by atoms with Gasteiger partial charge in [-0.2, -0.15) is 0 Å². The van der Waals surface area contributed by atoms with Crippen molar-refractivity contribution in [2.45, 2.75) is 51.7 Å². The number of carbonyl (C=O) groups excluding carboxylic acids is 1. The molecule has 0 amide bonds. The van der Waals surface area contributed by atoms with Crippen LogP contribution in [0.2, 0.25) is 0 Å². The Hall–Kier alpha value is -1.16. The minimum absolute atomic E-state index is 0.272. The number of carbonyl (C=O) groups is 1. The Balaban J connectivity index is 2.14. The molecule has 1 aromatic rings. The predicted molar refractivity (Wildman–Crippen MR) is 85.5 cm³/mol. The van der Waals surface area contributed by atoms with E-state index in [0.717, 1.165) is 24.0 Å². The largest absolute Gasteiger partial charge is 0.293 e. The van der Waals surface area contributed by atoms with Crippen LogP contribution in [0.5, 0.6) is 0 Å². The van der Waals surface area contributed by atoms with E-state index in [4.69, 9.17) is 0 Å². The average Bonchev–Trinajstić information content (AvgIpc) is 2.37. The van der Waals surface area contributed by atoms with E-state index in [-0.39, 0.29) is 16.8 Å². The second-order valence-electron chi connectivity index (χ2n) is 6.44. The first-order chi connectivity index (χ1) is 9.79. The highest BCUT2D eigenvalue weighted by atomic mass is 32.2. The van der Waals surface area contributed by atoms with Crippen LogP contribution in [0.4, 0.5) is 0 Å². The molecule has 0 spiro atoms. The van der Waals surface area contributed by atoms with E-state index in [9.17, 15) is 13.2 Å². The van der Waals surface area contributed by atoms with E-state index in [1.807, 2.05) is 26.0 Å². The monoisotopic (exact) mass is 308 g/mol. The average molecular weight is 308 g/mol. The Morgan fingerprint density at radius 1 is 1.24 bits per heavy atom. The summed E-state index contributed by atoms with van der Waals surface area (Å²) in [4.78, 5) is 12.3. The summed E-state index contributed by atoms with van der Waals surface area (Å²) >= 11 is 0. The minimum Gasteiger partial charge on any atom is -0.293 e. The van der Waals surface area contributed by atoms with Crippen LogP contribution in [0.15, 0.2) is 18.2 Å². The molecule has 0 saturated heterocycles. The third-order valence-corrected chi connectivity index (χ3v) is 6.52. The number of sulfone groups is 1. The molecule has 0 bridgehead atoms. The van der Waals surface area contributed by atoms with Gasteiger partial charge in [-0.1, -0.05) is 43.5 Å². The summed E-state index contributed by atoms with van der Waals surface area (Å²) in [5, 5.41) is -0.337. The Labute approximate surface area is 127 Å². The molecule has 1 aliphatic rings. The maximum atomic E-state index is 12.5. The van der Waals surface area contributed by atoms with E-state index in [0.29, 0.717) is 24.3 Å². The zero-order valence-electron chi connectivity index (χ0n) is 13.1. The molecule has 0 heterocycles. The van der Waals surface area contributed by atoms with Crippen LogP contribution >= 0.6 is 0 Å².